The summed E-state index contributed by atoms with van der Waals surface area (Å²) in [7, 11) is 1.30. The number of hydrogen-bond donors (Lipinski definition) is 1. The normalized spacial score (nSPS) is 10.4. The van der Waals surface area contributed by atoms with Gasteiger partial charge in [0.25, 0.3) is 5.91 Å². The molecule has 8 heteroatoms. The minimum Gasteiger partial charge on any atom is -0.465 e. The number of nitrogens with zero attached hydrogens (tertiary/aromatic N) is 1. The Labute approximate surface area is 150 Å². The van der Waals surface area contributed by atoms with Gasteiger partial charge in [0.15, 0.2) is 0 Å². The van der Waals surface area contributed by atoms with E-state index in [4.69, 9.17) is 11.6 Å². The first kappa shape index (κ1) is 16.6. The van der Waals surface area contributed by atoms with Gasteiger partial charge in [-0.15, -0.1) is 22.7 Å². The maximum atomic E-state index is 12.3. The van der Waals surface area contributed by atoms with Gasteiger partial charge in [-0.2, -0.15) is 0 Å². The van der Waals surface area contributed by atoms with Crippen LogP contribution in [-0.2, 0) is 4.74 Å². The summed E-state index contributed by atoms with van der Waals surface area (Å²) in [5, 5.41) is 7.88. The summed E-state index contributed by atoms with van der Waals surface area (Å²) in [4.78, 5) is 28.3. The molecule has 0 radical (unpaired) electrons. The number of thiazole rings is 1. The third kappa shape index (κ3) is 3.48. The number of amides is 1. The number of nitrogens with one attached hydrogen (secondary N) is 1. The molecular weight excluding hydrogens is 368 g/mol. The molecule has 1 aromatic carbocycles. The Bertz CT molecular complexity index is 887. The van der Waals surface area contributed by atoms with Crippen molar-refractivity contribution in [3.05, 3.63) is 57.4 Å². The van der Waals surface area contributed by atoms with E-state index in [0.717, 1.165) is 10.6 Å². The molecule has 0 aliphatic heterocycles. The largest absolute Gasteiger partial charge is 0.465 e. The van der Waals surface area contributed by atoms with Crippen LogP contribution in [-0.4, -0.2) is 24.0 Å². The van der Waals surface area contributed by atoms with Gasteiger partial charge in [0.1, 0.15) is 15.7 Å². The fourth-order valence-electron chi connectivity index (χ4n) is 1.95. The van der Waals surface area contributed by atoms with E-state index in [9.17, 15) is 9.59 Å². The molecule has 3 aromatic rings. The van der Waals surface area contributed by atoms with Crippen LogP contribution >= 0.6 is 34.3 Å². The Hall–Kier alpha value is -2.22. The fourth-order valence-corrected chi connectivity index (χ4v) is 3.65. The Morgan fingerprint density at radius 2 is 1.92 bits per heavy atom. The molecule has 1 N–H and O–H groups in total. The minimum atomic E-state index is -0.494. The SMILES string of the molecule is COC(=O)c1ccsc1NC(=O)c1csc(-c2ccc(Cl)cc2)n1. The van der Waals surface area contributed by atoms with Crippen LogP contribution in [0.4, 0.5) is 5.00 Å². The van der Waals surface area contributed by atoms with Crippen molar-refractivity contribution in [2.45, 2.75) is 0 Å². The second-order valence-corrected chi connectivity index (χ2v) is 6.86. The Balaban J connectivity index is 1.78. The number of thiophene rings is 1. The zero-order valence-corrected chi connectivity index (χ0v) is 14.8. The second-order valence-electron chi connectivity index (χ2n) is 4.65. The summed E-state index contributed by atoms with van der Waals surface area (Å²) in [5.74, 6) is -0.870. The molecule has 5 nitrogen and oxygen atoms in total. The lowest BCUT2D eigenvalue weighted by atomic mass is 10.2. The Morgan fingerprint density at radius 1 is 1.17 bits per heavy atom. The number of halogens is 1. The smallest absolute Gasteiger partial charge is 0.340 e. The zero-order valence-electron chi connectivity index (χ0n) is 12.4. The first-order valence-corrected chi connectivity index (χ1v) is 8.91. The van der Waals surface area contributed by atoms with Crippen LogP contribution in [0.25, 0.3) is 10.6 Å². The molecule has 1 amide bonds. The van der Waals surface area contributed by atoms with Crippen molar-refractivity contribution in [3.8, 4) is 10.6 Å². The molecule has 3 rings (SSSR count). The lowest BCUT2D eigenvalue weighted by molar-refractivity contribution is 0.0602. The Morgan fingerprint density at radius 3 is 2.62 bits per heavy atom. The van der Waals surface area contributed by atoms with Crippen LogP contribution in [0.2, 0.25) is 5.02 Å². The topological polar surface area (TPSA) is 68.3 Å². The summed E-state index contributed by atoms with van der Waals surface area (Å²) in [6.07, 6.45) is 0. The van der Waals surface area contributed by atoms with Gasteiger partial charge in [-0.3, -0.25) is 4.79 Å². The lowest BCUT2D eigenvalue weighted by Gasteiger charge is -2.03. The highest BCUT2D eigenvalue weighted by atomic mass is 35.5. The van der Waals surface area contributed by atoms with Gasteiger partial charge in [0.05, 0.1) is 12.7 Å². The molecule has 0 saturated heterocycles. The highest BCUT2D eigenvalue weighted by molar-refractivity contribution is 7.15. The molecule has 122 valence electrons. The van der Waals surface area contributed by atoms with Gasteiger partial charge in [-0.1, -0.05) is 23.7 Å². The highest BCUT2D eigenvalue weighted by Crippen LogP contribution is 2.27. The lowest BCUT2D eigenvalue weighted by Crippen LogP contribution is -2.14. The van der Waals surface area contributed by atoms with Gasteiger partial charge in [-0.25, -0.2) is 9.78 Å². The third-order valence-electron chi connectivity index (χ3n) is 3.13. The monoisotopic (exact) mass is 378 g/mol. The number of rotatable bonds is 4. The van der Waals surface area contributed by atoms with Gasteiger partial charge in [-0.05, 0) is 23.6 Å². The number of methoxy groups -OCH3 is 1. The van der Waals surface area contributed by atoms with Crippen molar-refractivity contribution in [3.63, 3.8) is 0 Å². The second kappa shape index (κ2) is 7.12. The predicted octanol–water partition coefficient (Wildman–Crippen LogP) is 4.56. The molecule has 0 aliphatic rings. The van der Waals surface area contributed by atoms with Crippen molar-refractivity contribution >= 4 is 51.2 Å². The van der Waals surface area contributed by atoms with Crippen LogP contribution in [0.1, 0.15) is 20.8 Å². The van der Waals surface area contributed by atoms with Crippen LogP contribution in [0.5, 0.6) is 0 Å². The van der Waals surface area contributed by atoms with E-state index in [1.807, 2.05) is 12.1 Å². The summed E-state index contributed by atoms with van der Waals surface area (Å²) >= 11 is 8.48. The van der Waals surface area contributed by atoms with E-state index in [1.165, 1.54) is 29.8 Å². The van der Waals surface area contributed by atoms with Gasteiger partial charge >= 0.3 is 5.97 Å². The molecule has 0 atom stereocenters. The van der Waals surface area contributed by atoms with Crippen molar-refractivity contribution in [2.24, 2.45) is 0 Å². The number of ether oxygens (including phenoxy) is 1. The molecule has 2 heterocycles. The van der Waals surface area contributed by atoms with E-state index in [0.29, 0.717) is 15.6 Å². The molecule has 0 saturated carbocycles. The van der Waals surface area contributed by atoms with Crippen LogP contribution in [0.15, 0.2) is 41.1 Å². The van der Waals surface area contributed by atoms with Crippen molar-refractivity contribution in [2.75, 3.05) is 12.4 Å². The molecule has 0 fully saturated rings. The first-order valence-electron chi connectivity index (χ1n) is 6.77. The number of benzene rings is 1. The molecular formula is C16H11ClN2O3S2. The van der Waals surface area contributed by atoms with Gasteiger partial charge in [0.2, 0.25) is 0 Å². The number of carbonyl (C=O) groups is 2. The van der Waals surface area contributed by atoms with Crippen molar-refractivity contribution < 1.29 is 14.3 Å². The Kier molecular flexibility index (Phi) is 4.94. The van der Waals surface area contributed by atoms with Crippen LogP contribution < -0.4 is 5.32 Å². The van der Waals surface area contributed by atoms with Crippen molar-refractivity contribution in [1.29, 1.82) is 0 Å². The van der Waals surface area contributed by atoms with E-state index in [2.05, 4.69) is 15.0 Å². The molecule has 2 aromatic heterocycles. The molecule has 0 bridgehead atoms. The fraction of sp³-hybridized carbons (Fsp3) is 0.0625. The zero-order chi connectivity index (χ0) is 17.1. The molecule has 0 spiro atoms. The minimum absolute atomic E-state index is 0.286. The first-order chi connectivity index (χ1) is 11.6. The molecule has 0 unspecified atom stereocenters. The number of esters is 1. The number of hydrogen-bond acceptors (Lipinski definition) is 6. The average Bonchev–Trinajstić information content (AvgIpc) is 3.24. The van der Waals surface area contributed by atoms with E-state index in [-0.39, 0.29) is 11.6 Å². The average molecular weight is 379 g/mol. The van der Waals surface area contributed by atoms with Crippen LogP contribution in [0.3, 0.4) is 0 Å². The molecule has 24 heavy (non-hydrogen) atoms. The molecule has 0 aliphatic carbocycles. The van der Waals surface area contributed by atoms with E-state index in [1.54, 1.807) is 29.0 Å². The predicted molar refractivity (Wildman–Crippen MR) is 96.2 cm³/mol. The highest BCUT2D eigenvalue weighted by Gasteiger charge is 2.18. The maximum absolute atomic E-state index is 12.3. The van der Waals surface area contributed by atoms with E-state index >= 15 is 0 Å². The number of aromatic nitrogens is 1. The number of carbonyl (C=O) groups excluding carboxylic acids is 2. The standard InChI is InChI=1S/C16H11ClN2O3S2/c1-22-16(21)11-6-7-23-15(11)19-13(20)12-8-24-14(18-12)9-2-4-10(17)5-3-9/h2-8H,1H3,(H,19,20). The van der Waals surface area contributed by atoms with Crippen LogP contribution in [0, 0.1) is 0 Å². The quantitative estimate of drug-likeness (QED) is 0.675. The number of anilines is 1. The van der Waals surface area contributed by atoms with E-state index < -0.39 is 5.97 Å². The van der Waals surface area contributed by atoms with Gasteiger partial charge in [0, 0.05) is 16.0 Å². The maximum Gasteiger partial charge on any atom is 0.340 e. The summed E-state index contributed by atoms with van der Waals surface area (Å²) in [6, 6.07) is 8.83. The van der Waals surface area contributed by atoms with Gasteiger partial charge < -0.3 is 10.1 Å². The van der Waals surface area contributed by atoms with Crippen molar-refractivity contribution in [1.82, 2.24) is 4.98 Å². The summed E-state index contributed by atoms with van der Waals surface area (Å²) < 4.78 is 4.69. The summed E-state index contributed by atoms with van der Waals surface area (Å²) in [5.41, 5.74) is 1.49. The summed E-state index contributed by atoms with van der Waals surface area (Å²) in [6.45, 7) is 0. The third-order valence-corrected chi connectivity index (χ3v) is 5.10.